The van der Waals surface area contributed by atoms with E-state index < -0.39 is 0 Å². The SMILES string of the molecule is CC(=O)N1CCc2nc(-c3ccc(O[C@H]4C[C@H](N5CCN(C(C)C)CC5)C4)cc3)sc2C1. The standard InChI is InChI=1S/C25H34N4O2S/c1-17(2)27-10-12-28(13-11-27)20-14-22(15-20)31-21-6-4-19(5-7-21)25-26-23-8-9-29(18(3)30)16-24(23)32-25/h4-7,17,20,22H,8-16H2,1-3H3/t20-,22-. The third-order valence-corrected chi connectivity index (χ3v) is 8.38. The van der Waals surface area contributed by atoms with E-state index in [1.807, 2.05) is 4.90 Å². The van der Waals surface area contributed by atoms with Crippen LogP contribution in [0.2, 0.25) is 0 Å². The Bertz CT molecular complexity index is 943. The van der Waals surface area contributed by atoms with Gasteiger partial charge in [0.05, 0.1) is 12.2 Å². The largest absolute Gasteiger partial charge is 0.490 e. The maximum Gasteiger partial charge on any atom is 0.219 e. The second-order valence-corrected chi connectivity index (χ2v) is 10.7. The molecule has 7 heteroatoms. The first-order valence-electron chi connectivity index (χ1n) is 12.0. The Balaban J connectivity index is 1.12. The topological polar surface area (TPSA) is 48.9 Å². The molecule has 0 unspecified atom stereocenters. The Morgan fingerprint density at radius 2 is 1.81 bits per heavy atom. The minimum Gasteiger partial charge on any atom is -0.490 e. The highest BCUT2D eigenvalue weighted by Gasteiger charge is 2.36. The molecule has 1 aromatic heterocycles. The summed E-state index contributed by atoms with van der Waals surface area (Å²) in [5, 5.41) is 1.04. The van der Waals surface area contributed by atoms with Crippen molar-refractivity contribution in [1.82, 2.24) is 19.7 Å². The highest BCUT2D eigenvalue weighted by Crippen LogP contribution is 2.34. The number of benzene rings is 1. The number of hydrogen-bond donors (Lipinski definition) is 0. The van der Waals surface area contributed by atoms with Gasteiger partial charge in [-0.3, -0.25) is 14.6 Å². The van der Waals surface area contributed by atoms with Crippen LogP contribution in [0.1, 0.15) is 44.2 Å². The predicted molar refractivity (Wildman–Crippen MR) is 128 cm³/mol. The van der Waals surface area contributed by atoms with Crippen molar-refractivity contribution in [3.05, 3.63) is 34.8 Å². The average Bonchev–Trinajstić information content (AvgIpc) is 3.20. The minimum absolute atomic E-state index is 0.142. The molecule has 2 aliphatic heterocycles. The van der Waals surface area contributed by atoms with E-state index >= 15 is 0 Å². The van der Waals surface area contributed by atoms with Crippen LogP contribution in [0.3, 0.4) is 0 Å². The number of nitrogens with zero attached hydrogens (tertiary/aromatic N) is 4. The van der Waals surface area contributed by atoms with Crippen molar-refractivity contribution in [1.29, 1.82) is 0 Å². The summed E-state index contributed by atoms with van der Waals surface area (Å²) in [5.74, 6) is 1.09. The summed E-state index contributed by atoms with van der Waals surface area (Å²) in [6.07, 6.45) is 3.45. The molecule has 1 amide bonds. The van der Waals surface area contributed by atoms with E-state index in [0.29, 0.717) is 24.7 Å². The zero-order valence-electron chi connectivity index (χ0n) is 19.4. The summed E-state index contributed by atoms with van der Waals surface area (Å²) in [7, 11) is 0. The minimum atomic E-state index is 0.142. The molecular weight excluding hydrogens is 420 g/mol. The lowest BCUT2D eigenvalue weighted by Crippen LogP contribution is -2.57. The Labute approximate surface area is 195 Å². The van der Waals surface area contributed by atoms with Gasteiger partial charge in [-0.2, -0.15) is 0 Å². The number of rotatable bonds is 5. The number of aromatic nitrogens is 1. The molecule has 0 bridgehead atoms. The van der Waals surface area contributed by atoms with Gasteiger partial charge in [-0.05, 0) is 38.1 Å². The second kappa shape index (κ2) is 9.12. The molecule has 172 valence electrons. The summed E-state index contributed by atoms with van der Waals surface area (Å²) in [6.45, 7) is 12.4. The normalized spacial score (nSPS) is 24.3. The lowest BCUT2D eigenvalue weighted by Gasteiger charge is -2.46. The maximum absolute atomic E-state index is 11.7. The quantitative estimate of drug-likeness (QED) is 0.690. The third kappa shape index (κ3) is 4.56. The van der Waals surface area contributed by atoms with Gasteiger partial charge in [-0.25, -0.2) is 4.98 Å². The first kappa shape index (κ1) is 21.9. The fourth-order valence-electron chi connectivity index (χ4n) is 5.01. The summed E-state index contributed by atoms with van der Waals surface area (Å²) >= 11 is 1.71. The van der Waals surface area contributed by atoms with Crippen LogP contribution in [0, 0.1) is 0 Å². The fourth-order valence-corrected chi connectivity index (χ4v) is 6.14. The van der Waals surface area contributed by atoms with Gasteiger partial charge >= 0.3 is 0 Å². The molecule has 1 saturated heterocycles. The maximum atomic E-state index is 11.7. The molecule has 0 spiro atoms. The number of ether oxygens (including phenoxy) is 1. The third-order valence-electron chi connectivity index (χ3n) is 7.25. The molecule has 5 rings (SSSR count). The lowest BCUT2D eigenvalue weighted by molar-refractivity contribution is -0.129. The Morgan fingerprint density at radius 3 is 2.47 bits per heavy atom. The van der Waals surface area contributed by atoms with Crippen molar-refractivity contribution >= 4 is 17.2 Å². The van der Waals surface area contributed by atoms with Crippen molar-refractivity contribution in [2.45, 2.75) is 64.8 Å². The molecule has 1 aliphatic carbocycles. The predicted octanol–water partition coefficient (Wildman–Crippen LogP) is 3.65. The van der Waals surface area contributed by atoms with Crippen LogP contribution in [0.15, 0.2) is 24.3 Å². The highest BCUT2D eigenvalue weighted by atomic mass is 32.1. The number of carbonyl (C=O) groups excluding carboxylic acids is 1. The van der Waals surface area contributed by atoms with Crippen LogP contribution in [0.5, 0.6) is 5.75 Å². The smallest absolute Gasteiger partial charge is 0.219 e. The molecule has 0 radical (unpaired) electrons. The van der Waals surface area contributed by atoms with Crippen molar-refractivity contribution in [2.75, 3.05) is 32.7 Å². The van der Waals surface area contributed by atoms with Crippen molar-refractivity contribution in [3.8, 4) is 16.3 Å². The van der Waals surface area contributed by atoms with Crippen LogP contribution in [-0.2, 0) is 17.8 Å². The van der Waals surface area contributed by atoms with Gasteiger partial charge in [-0.15, -0.1) is 11.3 Å². The van der Waals surface area contributed by atoms with Crippen molar-refractivity contribution in [2.24, 2.45) is 0 Å². The zero-order chi connectivity index (χ0) is 22.2. The fraction of sp³-hybridized carbons (Fsp3) is 0.600. The summed E-state index contributed by atoms with van der Waals surface area (Å²) in [4.78, 5) is 24.9. The van der Waals surface area contributed by atoms with E-state index in [1.54, 1.807) is 18.3 Å². The van der Waals surface area contributed by atoms with Crippen LogP contribution in [0.4, 0.5) is 0 Å². The van der Waals surface area contributed by atoms with E-state index in [9.17, 15) is 4.79 Å². The van der Waals surface area contributed by atoms with E-state index in [-0.39, 0.29) is 5.91 Å². The van der Waals surface area contributed by atoms with Crippen molar-refractivity contribution in [3.63, 3.8) is 0 Å². The zero-order valence-corrected chi connectivity index (χ0v) is 20.2. The van der Waals surface area contributed by atoms with Crippen LogP contribution >= 0.6 is 11.3 Å². The first-order chi connectivity index (χ1) is 15.5. The number of hydrogen-bond acceptors (Lipinski definition) is 6. The molecule has 3 heterocycles. The number of fused-ring (bicyclic) bond motifs is 1. The van der Waals surface area contributed by atoms with E-state index in [1.165, 1.54) is 31.1 Å². The van der Waals surface area contributed by atoms with Gasteiger partial charge in [0.25, 0.3) is 0 Å². The molecular formula is C25H34N4O2S. The first-order valence-corrected chi connectivity index (χ1v) is 12.8. The van der Waals surface area contributed by atoms with Crippen molar-refractivity contribution < 1.29 is 9.53 Å². The van der Waals surface area contributed by atoms with Crippen LogP contribution in [-0.4, -0.2) is 76.5 Å². The number of piperazine rings is 1. The molecule has 6 nitrogen and oxygen atoms in total. The summed E-state index contributed by atoms with van der Waals surface area (Å²) in [6, 6.07) is 9.72. The number of amides is 1. The molecule has 32 heavy (non-hydrogen) atoms. The number of thiazole rings is 1. The molecule has 1 saturated carbocycles. The van der Waals surface area contributed by atoms with Crippen LogP contribution in [0.25, 0.3) is 10.6 Å². The Morgan fingerprint density at radius 1 is 1.09 bits per heavy atom. The van der Waals surface area contributed by atoms with E-state index in [4.69, 9.17) is 9.72 Å². The van der Waals surface area contributed by atoms with Gasteiger partial charge in [-0.1, -0.05) is 0 Å². The van der Waals surface area contributed by atoms with Gasteiger partial charge < -0.3 is 9.64 Å². The summed E-state index contributed by atoms with van der Waals surface area (Å²) in [5.41, 5.74) is 2.28. The van der Waals surface area contributed by atoms with E-state index in [0.717, 1.165) is 47.8 Å². The number of carbonyl (C=O) groups is 1. The van der Waals surface area contributed by atoms with E-state index in [2.05, 4.69) is 47.9 Å². The molecule has 0 atom stereocenters. The Kier molecular flexibility index (Phi) is 6.23. The lowest BCUT2D eigenvalue weighted by atomic mass is 9.87. The molecule has 3 aliphatic rings. The molecule has 1 aromatic carbocycles. The monoisotopic (exact) mass is 454 g/mol. The molecule has 2 aromatic rings. The van der Waals surface area contributed by atoms with Gasteiger partial charge in [0, 0.05) is 81.4 Å². The van der Waals surface area contributed by atoms with Gasteiger partial charge in [0.2, 0.25) is 5.91 Å². The second-order valence-electron chi connectivity index (χ2n) is 9.63. The molecule has 0 N–H and O–H groups in total. The van der Waals surface area contributed by atoms with Gasteiger partial charge in [0.1, 0.15) is 16.9 Å². The summed E-state index contributed by atoms with van der Waals surface area (Å²) < 4.78 is 6.25. The van der Waals surface area contributed by atoms with Crippen LogP contribution < -0.4 is 4.74 Å². The molecule has 2 fully saturated rings. The van der Waals surface area contributed by atoms with Gasteiger partial charge in [0.15, 0.2) is 0 Å². The Hall–Kier alpha value is -1.96. The average molecular weight is 455 g/mol. The highest BCUT2D eigenvalue weighted by molar-refractivity contribution is 7.15.